The Bertz CT molecular complexity index is 1420. The molecule has 51 heavy (non-hydrogen) atoms. The lowest BCUT2D eigenvalue weighted by Gasteiger charge is -2.65. The van der Waals surface area contributed by atoms with Crippen molar-refractivity contribution in [2.24, 2.45) is 39.4 Å². The van der Waals surface area contributed by atoms with Gasteiger partial charge in [-0.05, 0) is 69.1 Å². The lowest BCUT2D eigenvalue weighted by atomic mass is 9.38. The lowest BCUT2D eigenvalue weighted by Crippen LogP contribution is -2.66. The smallest absolute Gasteiger partial charge is 0.303 e. The normalized spacial score (nSPS) is 46.2. The molecule has 5 aliphatic rings. The SMILES string of the molecule is CC(=O)OC(C)(C)CCC(=O)[C@](C)(O)[C@H]1[C@@H](O)C[C@@]2(C)[C@@H]3CC=C4[C@@H](C[C@H](O)[C@H](O[C@@H]5O[C@H](CO)[C@@H](O)[C@H](O)[C@H]5O)C4(C)C)[C@]3(C)C(=O)C[C@]12C. The Hall–Kier alpha value is -1.81. The van der Waals surface area contributed by atoms with Gasteiger partial charge in [0.05, 0.1) is 24.9 Å². The number of hydrogen-bond donors (Lipinski definition) is 7. The minimum Gasteiger partial charge on any atom is -0.460 e. The fraction of sp³-hybridized carbons (Fsp3) is 0.868. The maximum Gasteiger partial charge on any atom is 0.303 e. The number of carbonyl (C=O) groups excluding carboxylic acids is 3. The molecule has 290 valence electrons. The van der Waals surface area contributed by atoms with Gasteiger partial charge in [-0.3, -0.25) is 14.4 Å². The summed E-state index contributed by atoms with van der Waals surface area (Å²) in [6, 6.07) is 0. The number of rotatable bonds is 9. The second-order valence-corrected chi connectivity index (χ2v) is 18.2. The van der Waals surface area contributed by atoms with Crippen LogP contribution < -0.4 is 0 Å². The van der Waals surface area contributed by atoms with E-state index in [4.69, 9.17) is 14.2 Å². The van der Waals surface area contributed by atoms with Crippen LogP contribution in [0.1, 0.15) is 101 Å². The van der Waals surface area contributed by atoms with Gasteiger partial charge >= 0.3 is 5.97 Å². The average Bonchev–Trinajstić information content (AvgIpc) is 3.22. The van der Waals surface area contributed by atoms with E-state index in [9.17, 15) is 50.1 Å². The number of aliphatic hydroxyl groups is 7. The molecular weight excluding hydrogens is 664 g/mol. The topological polar surface area (TPSA) is 221 Å². The standard InChI is InChI=1S/C38H60O13/c1-18(40)51-33(2,3)13-12-25(43)38(9,48)30-22(42)15-35(6)24-11-10-19-20(37(24,8)26(44)16-36(30,35)7)14-21(41)31(34(19,4)5)50-32-29(47)28(46)27(45)23(17-39)49-32/h10,20-24,27-32,39,41-42,45-48H,11-17H2,1-9H3/t20-,21+,22+,23-,24+,27-,28+,29-,30+,31+,32+,35+,36-,37+,38+/m1/s1. The van der Waals surface area contributed by atoms with Crippen molar-refractivity contribution < 1.29 is 64.3 Å². The van der Waals surface area contributed by atoms with Gasteiger partial charge < -0.3 is 50.0 Å². The Morgan fingerprint density at radius 3 is 2.18 bits per heavy atom. The molecule has 3 saturated carbocycles. The molecule has 7 N–H and O–H groups in total. The summed E-state index contributed by atoms with van der Waals surface area (Å²) in [5.41, 5.74) is -5.51. The predicted octanol–water partition coefficient (Wildman–Crippen LogP) is 1.34. The zero-order valence-corrected chi connectivity index (χ0v) is 31.5. The molecule has 1 aliphatic heterocycles. The van der Waals surface area contributed by atoms with Crippen LogP contribution >= 0.6 is 0 Å². The fourth-order valence-electron chi connectivity index (χ4n) is 11.4. The van der Waals surface area contributed by atoms with Gasteiger partial charge in [0, 0.05) is 36.5 Å². The molecule has 13 heteroatoms. The monoisotopic (exact) mass is 724 g/mol. The molecule has 4 aliphatic carbocycles. The molecule has 1 heterocycles. The second kappa shape index (κ2) is 13.2. The zero-order valence-electron chi connectivity index (χ0n) is 31.5. The summed E-state index contributed by atoms with van der Waals surface area (Å²) in [7, 11) is 0. The van der Waals surface area contributed by atoms with Crippen molar-refractivity contribution in [3.8, 4) is 0 Å². The summed E-state index contributed by atoms with van der Waals surface area (Å²) >= 11 is 0. The molecule has 0 spiro atoms. The highest BCUT2D eigenvalue weighted by Crippen LogP contribution is 2.74. The van der Waals surface area contributed by atoms with Gasteiger partial charge in [-0.15, -0.1) is 0 Å². The molecule has 0 unspecified atom stereocenters. The Labute approximate surface area is 300 Å². The van der Waals surface area contributed by atoms with Crippen LogP contribution in [0.2, 0.25) is 0 Å². The number of hydrogen-bond acceptors (Lipinski definition) is 13. The summed E-state index contributed by atoms with van der Waals surface area (Å²) in [5, 5.41) is 76.3. The van der Waals surface area contributed by atoms with Gasteiger partial charge in [-0.2, -0.15) is 0 Å². The van der Waals surface area contributed by atoms with Crippen LogP contribution in [0.3, 0.4) is 0 Å². The molecule has 1 saturated heterocycles. The molecule has 0 aromatic heterocycles. The first-order valence-electron chi connectivity index (χ1n) is 18.3. The van der Waals surface area contributed by atoms with Crippen molar-refractivity contribution in [3.63, 3.8) is 0 Å². The van der Waals surface area contributed by atoms with E-state index in [1.807, 2.05) is 34.6 Å². The Morgan fingerprint density at radius 2 is 1.59 bits per heavy atom. The van der Waals surface area contributed by atoms with E-state index >= 15 is 0 Å². The Morgan fingerprint density at radius 1 is 0.961 bits per heavy atom. The van der Waals surface area contributed by atoms with Crippen molar-refractivity contribution in [1.29, 1.82) is 0 Å². The van der Waals surface area contributed by atoms with Gasteiger partial charge in [0.15, 0.2) is 12.1 Å². The average molecular weight is 725 g/mol. The first kappa shape index (κ1) is 40.4. The first-order valence-corrected chi connectivity index (χ1v) is 18.3. The largest absolute Gasteiger partial charge is 0.460 e. The lowest BCUT2D eigenvalue weighted by molar-refractivity contribution is -0.327. The van der Waals surface area contributed by atoms with Crippen molar-refractivity contribution >= 4 is 17.5 Å². The zero-order chi connectivity index (χ0) is 38.4. The number of aliphatic hydroxyl groups excluding tert-OH is 6. The van der Waals surface area contributed by atoms with E-state index in [1.165, 1.54) is 13.8 Å². The van der Waals surface area contributed by atoms with Gasteiger partial charge in [0.2, 0.25) is 0 Å². The van der Waals surface area contributed by atoms with E-state index in [0.29, 0.717) is 6.42 Å². The molecule has 13 nitrogen and oxygen atoms in total. The Balaban J connectivity index is 1.44. The van der Waals surface area contributed by atoms with Gasteiger partial charge in [0.1, 0.15) is 41.4 Å². The van der Waals surface area contributed by atoms with Crippen molar-refractivity contribution in [3.05, 3.63) is 11.6 Å². The number of ketones is 2. The second-order valence-electron chi connectivity index (χ2n) is 18.2. The summed E-state index contributed by atoms with van der Waals surface area (Å²) < 4.78 is 17.1. The molecule has 0 amide bonds. The summed E-state index contributed by atoms with van der Waals surface area (Å²) in [6.07, 6.45) is -7.59. The van der Waals surface area contributed by atoms with Crippen molar-refractivity contribution in [1.82, 2.24) is 0 Å². The van der Waals surface area contributed by atoms with E-state index in [-0.39, 0.29) is 43.8 Å². The first-order chi connectivity index (χ1) is 23.3. The van der Waals surface area contributed by atoms with E-state index in [1.54, 1.807) is 13.8 Å². The predicted molar refractivity (Wildman–Crippen MR) is 181 cm³/mol. The maximum absolute atomic E-state index is 14.7. The van der Waals surface area contributed by atoms with Crippen LogP contribution in [0.4, 0.5) is 0 Å². The van der Waals surface area contributed by atoms with Gasteiger partial charge in [-0.25, -0.2) is 0 Å². The van der Waals surface area contributed by atoms with Gasteiger partial charge in [-0.1, -0.05) is 46.3 Å². The van der Waals surface area contributed by atoms with Crippen LogP contribution in [-0.4, -0.2) is 120 Å². The highest BCUT2D eigenvalue weighted by Gasteiger charge is 2.74. The highest BCUT2D eigenvalue weighted by molar-refractivity contribution is 5.90. The quantitative estimate of drug-likeness (QED) is 0.132. The highest BCUT2D eigenvalue weighted by atomic mass is 16.7. The number of fused-ring (bicyclic) bond motifs is 5. The van der Waals surface area contributed by atoms with Crippen LogP contribution in [-0.2, 0) is 28.6 Å². The number of carbonyl (C=O) groups is 3. The van der Waals surface area contributed by atoms with E-state index in [0.717, 1.165) is 5.57 Å². The maximum atomic E-state index is 14.7. The molecule has 15 atom stereocenters. The summed E-state index contributed by atoms with van der Waals surface area (Å²) in [6.45, 7) is 15.1. The van der Waals surface area contributed by atoms with Crippen molar-refractivity contribution in [2.45, 2.75) is 161 Å². The third-order valence-electron chi connectivity index (χ3n) is 14.3. The number of allylic oxidation sites excluding steroid dienone is 1. The molecule has 5 rings (SSSR count). The van der Waals surface area contributed by atoms with Crippen LogP contribution in [0.15, 0.2) is 11.6 Å². The summed E-state index contributed by atoms with van der Waals surface area (Å²) in [4.78, 5) is 40.0. The van der Waals surface area contributed by atoms with E-state index < -0.39 is 112 Å². The third-order valence-corrected chi connectivity index (χ3v) is 14.3. The minimum absolute atomic E-state index is 0.00565. The molecule has 4 fully saturated rings. The number of ether oxygens (including phenoxy) is 3. The van der Waals surface area contributed by atoms with Crippen LogP contribution in [0.5, 0.6) is 0 Å². The molecule has 0 aromatic rings. The molecule has 0 aromatic carbocycles. The molecular formula is C38H60O13. The summed E-state index contributed by atoms with van der Waals surface area (Å²) in [5.74, 6) is -2.70. The fourth-order valence-corrected chi connectivity index (χ4v) is 11.4. The van der Waals surface area contributed by atoms with Gasteiger partial charge in [0.25, 0.3) is 0 Å². The van der Waals surface area contributed by atoms with Crippen molar-refractivity contribution in [2.75, 3.05) is 6.61 Å². The third kappa shape index (κ3) is 6.16. The number of Topliss-reactive ketones (excluding diaryl/α,β-unsaturated/α-hetero) is 2. The van der Waals surface area contributed by atoms with Crippen LogP contribution in [0, 0.1) is 39.4 Å². The van der Waals surface area contributed by atoms with Crippen LogP contribution in [0.25, 0.3) is 0 Å². The molecule has 0 radical (unpaired) electrons. The van der Waals surface area contributed by atoms with E-state index in [2.05, 4.69) is 6.08 Å². The Kier molecular flexibility index (Phi) is 10.4. The minimum atomic E-state index is -1.97. The number of esters is 1. The molecule has 0 bridgehead atoms.